The molecule has 2 aromatic carbocycles. The van der Waals surface area contributed by atoms with E-state index in [-0.39, 0.29) is 5.91 Å². The Kier molecular flexibility index (Phi) is 5.93. The number of carbonyl (C=O) groups is 1. The van der Waals surface area contributed by atoms with Crippen LogP contribution in [0.4, 0.5) is 11.4 Å². The molecule has 5 nitrogen and oxygen atoms in total. The van der Waals surface area contributed by atoms with Gasteiger partial charge in [0.25, 0.3) is 5.91 Å². The van der Waals surface area contributed by atoms with E-state index >= 15 is 0 Å². The Morgan fingerprint density at radius 2 is 1.64 bits per heavy atom. The van der Waals surface area contributed by atoms with Crippen molar-refractivity contribution in [3.05, 3.63) is 59.7 Å². The quantitative estimate of drug-likeness (QED) is 0.867. The van der Waals surface area contributed by atoms with Gasteiger partial charge in [0, 0.05) is 49.7 Å². The normalized spacial score (nSPS) is 18.4. The van der Waals surface area contributed by atoms with Crippen molar-refractivity contribution in [2.75, 3.05) is 56.5 Å². The molecule has 0 saturated carbocycles. The molecule has 2 aliphatic heterocycles. The second-order valence-corrected chi connectivity index (χ2v) is 7.97. The molecule has 0 bridgehead atoms. The number of likely N-dealkylation sites (N-methyl/N-ethyl adjacent to an activating group) is 1. The number of rotatable bonds is 5. The summed E-state index contributed by atoms with van der Waals surface area (Å²) in [4.78, 5) is 19.9. The zero-order valence-corrected chi connectivity index (χ0v) is 16.7. The Bertz CT molecular complexity index is 791. The first-order valence-corrected chi connectivity index (χ1v) is 10.3. The third-order valence-corrected chi connectivity index (χ3v) is 5.79. The first-order valence-electron chi connectivity index (χ1n) is 10.3. The first kappa shape index (κ1) is 19.0. The molecule has 5 heteroatoms. The van der Waals surface area contributed by atoms with Crippen LogP contribution in [-0.4, -0.2) is 62.0 Å². The highest BCUT2D eigenvalue weighted by Crippen LogP contribution is 2.19. The van der Waals surface area contributed by atoms with Crippen LogP contribution in [0.5, 0.6) is 0 Å². The molecule has 28 heavy (non-hydrogen) atoms. The van der Waals surface area contributed by atoms with Crippen LogP contribution in [0.3, 0.4) is 0 Å². The standard InChI is InChI=1S/C23H30N4O/c1-25-13-15-27(16-14-25)22-9-7-20(8-10-22)23(28)24-21-6-4-5-19(17-21)18-26-11-2-3-12-26/h4-10,17H,2-3,11-16,18H2,1H3,(H,24,28). The number of hydrogen-bond donors (Lipinski definition) is 1. The van der Waals surface area contributed by atoms with Gasteiger partial charge in [-0.1, -0.05) is 12.1 Å². The molecule has 4 rings (SSSR count). The largest absolute Gasteiger partial charge is 0.369 e. The van der Waals surface area contributed by atoms with Gasteiger partial charge in [-0.05, 0) is 74.9 Å². The van der Waals surface area contributed by atoms with Crippen molar-refractivity contribution in [3.63, 3.8) is 0 Å². The highest BCUT2D eigenvalue weighted by molar-refractivity contribution is 6.04. The van der Waals surface area contributed by atoms with E-state index in [1.54, 1.807) is 0 Å². The fourth-order valence-corrected chi connectivity index (χ4v) is 4.04. The molecule has 0 unspecified atom stereocenters. The van der Waals surface area contributed by atoms with E-state index in [1.807, 2.05) is 24.3 Å². The van der Waals surface area contributed by atoms with Crippen molar-refractivity contribution in [3.8, 4) is 0 Å². The molecule has 0 aliphatic carbocycles. The Morgan fingerprint density at radius 1 is 0.929 bits per heavy atom. The maximum absolute atomic E-state index is 12.7. The van der Waals surface area contributed by atoms with Crippen LogP contribution >= 0.6 is 0 Å². The average Bonchev–Trinajstić information content (AvgIpc) is 3.22. The summed E-state index contributed by atoms with van der Waals surface area (Å²) in [5, 5.41) is 3.05. The molecular formula is C23H30N4O. The second kappa shape index (κ2) is 8.76. The lowest BCUT2D eigenvalue weighted by Gasteiger charge is -2.34. The monoisotopic (exact) mass is 378 g/mol. The number of likely N-dealkylation sites (tertiary alicyclic amines) is 1. The minimum Gasteiger partial charge on any atom is -0.369 e. The van der Waals surface area contributed by atoms with Crippen LogP contribution in [0.15, 0.2) is 48.5 Å². The molecule has 2 aromatic rings. The van der Waals surface area contributed by atoms with Crippen molar-refractivity contribution in [1.82, 2.24) is 9.80 Å². The van der Waals surface area contributed by atoms with Crippen LogP contribution in [-0.2, 0) is 6.54 Å². The molecule has 2 aliphatic rings. The maximum Gasteiger partial charge on any atom is 0.255 e. The Hall–Kier alpha value is -2.37. The van der Waals surface area contributed by atoms with E-state index < -0.39 is 0 Å². The zero-order valence-electron chi connectivity index (χ0n) is 16.7. The first-order chi connectivity index (χ1) is 13.7. The Balaban J connectivity index is 1.36. The number of carbonyl (C=O) groups excluding carboxylic acids is 1. The van der Waals surface area contributed by atoms with Crippen LogP contribution in [0.2, 0.25) is 0 Å². The fourth-order valence-electron chi connectivity index (χ4n) is 4.04. The molecule has 0 radical (unpaired) electrons. The number of hydrogen-bond acceptors (Lipinski definition) is 4. The lowest BCUT2D eigenvalue weighted by Crippen LogP contribution is -2.44. The predicted octanol–water partition coefficient (Wildman–Crippen LogP) is 3.29. The molecule has 148 valence electrons. The summed E-state index contributed by atoms with van der Waals surface area (Å²) in [5.41, 5.74) is 4.01. The highest BCUT2D eigenvalue weighted by Gasteiger charge is 2.15. The van der Waals surface area contributed by atoms with Crippen LogP contribution in [0.25, 0.3) is 0 Å². The third-order valence-electron chi connectivity index (χ3n) is 5.79. The van der Waals surface area contributed by atoms with Gasteiger partial charge in [0.2, 0.25) is 0 Å². The van der Waals surface area contributed by atoms with Crippen LogP contribution < -0.4 is 10.2 Å². The fraction of sp³-hybridized carbons (Fsp3) is 0.435. The summed E-state index contributed by atoms with van der Waals surface area (Å²) in [7, 11) is 2.16. The van der Waals surface area contributed by atoms with E-state index in [0.717, 1.165) is 38.4 Å². The van der Waals surface area contributed by atoms with Gasteiger partial charge in [-0.2, -0.15) is 0 Å². The summed E-state index contributed by atoms with van der Waals surface area (Å²) in [6.45, 7) is 7.54. The van der Waals surface area contributed by atoms with Crippen molar-refractivity contribution in [1.29, 1.82) is 0 Å². The predicted molar refractivity (Wildman–Crippen MR) is 115 cm³/mol. The number of benzene rings is 2. The van der Waals surface area contributed by atoms with Crippen LogP contribution in [0.1, 0.15) is 28.8 Å². The van der Waals surface area contributed by atoms with E-state index in [0.29, 0.717) is 5.56 Å². The molecule has 0 spiro atoms. The molecule has 0 atom stereocenters. The van der Waals surface area contributed by atoms with Gasteiger partial charge in [-0.15, -0.1) is 0 Å². The minimum absolute atomic E-state index is 0.0525. The number of anilines is 2. The number of piperazine rings is 1. The summed E-state index contributed by atoms with van der Waals surface area (Å²) >= 11 is 0. The molecule has 2 saturated heterocycles. The van der Waals surface area contributed by atoms with Crippen molar-refractivity contribution >= 4 is 17.3 Å². The van der Waals surface area contributed by atoms with Gasteiger partial charge >= 0.3 is 0 Å². The van der Waals surface area contributed by atoms with E-state index in [2.05, 4.69) is 51.3 Å². The van der Waals surface area contributed by atoms with Gasteiger partial charge < -0.3 is 15.1 Å². The number of amides is 1. The van der Waals surface area contributed by atoms with Gasteiger partial charge in [-0.3, -0.25) is 9.69 Å². The van der Waals surface area contributed by atoms with Gasteiger partial charge in [0.05, 0.1) is 0 Å². The number of nitrogens with zero attached hydrogens (tertiary/aromatic N) is 3. The molecular weight excluding hydrogens is 348 g/mol. The van der Waals surface area contributed by atoms with E-state index in [9.17, 15) is 4.79 Å². The minimum atomic E-state index is -0.0525. The summed E-state index contributed by atoms with van der Waals surface area (Å²) in [5.74, 6) is -0.0525. The van der Waals surface area contributed by atoms with Gasteiger partial charge in [-0.25, -0.2) is 0 Å². The number of nitrogens with one attached hydrogen (secondary N) is 1. The summed E-state index contributed by atoms with van der Waals surface area (Å²) in [6, 6.07) is 16.2. The second-order valence-electron chi connectivity index (χ2n) is 7.97. The SMILES string of the molecule is CN1CCN(c2ccc(C(=O)Nc3cccc(CN4CCCC4)c3)cc2)CC1. The van der Waals surface area contributed by atoms with Gasteiger partial charge in [0.1, 0.15) is 0 Å². The maximum atomic E-state index is 12.7. The van der Waals surface area contributed by atoms with E-state index in [4.69, 9.17) is 0 Å². The van der Waals surface area contributed by atoms with Crippen LogP contribution in [0, 0.1) is 0 Å². The van der Waals surface area contributed by atoms with Crippen molar-refractivity contribution in [2.45, 2.75) is 19.4 Å². The molecule has 0 aromatic heterocycles. The summed E-state index contributed by atoms with van der Waals surface area (Å²) < 4.78 is 0. The van der Waals surface area contributed by atoms with E-state index in [1.165, 1.54) is 37.2 Å². The average molecular weight is 379 g/mol. The summed E-state index contributed by atoms with van der Waals surface area (Å²) in [6.07, 6.45) is 2.58. The smallest absolute Gasteiger partial charge is 0.255 e. The third kappa shape index (κ3) is 4.72. The topological polar surface area (TPSA) is 38.8 Å². The Labute approximate surface area is 167 Å². The lowest BCUT2D eigenvalue weighted by molar-refractivity contribution is 0.102. The molecule has 1 amide bonds. The molecule has 2 fully saturated rings. The van der Waals surface area contributed by atoms with Crippen molar-refractivity contribution < 1.29 is 4.79 Å². The molecule has 1 N–H and O–H groups in total. The molecule has 2 heterocycles. The highest BCUT2D eigenvalue weighted by atomic mass is 16.1. The van der Waals surface area contributed by atoms with Gasteiger partial charge in [0.15, 0.2) is 0 Å². The zero-order chi connectivity index (χ0) is 19.3. The van der Waals surface area contributed by atoms with Crippen molar-refractivity contribution in [2.24, 2.45) is 0 Å². The lowest BCUT2D eigenvalue weighted by atomic mass is 10.1. The Morgan fingerprint density at radius 3 is 2.36 bits per heavy atom.